The number of nitrogens with zero attached hydrogens (tertiary/aromatic N) is 4. The Hall–Kier alpha value is -2.67. The first-order chi connectivity index (χ1) is 12.5. The minimum absolute atomic E-state index is 0.000855. The van der Waals surface area contributed by atoms with Crippen LogP contribution in [0.2, 0.25) is 0 Å². The summed E-state index contributed by atoms with van der Waals surface area (Å²) < 4.78 is 1.71. The first-order valence-electron chi connectivity index (χ1n) is 8.78. The average molecular weight is 356 g/mol. The van der Waals surface area contributed by atoms with Gasteiger partial charge in [-0.2, -0.15) is 5.10 Å². The van der Waals surface area contributed by atoms with Gasteiger partial charge in [-0.3, -0.25) is 14.3 Å². The molecule has 3 rings (SSSR count). The van der Waals surface area contributed by atoms with Crippen molar-refractivity contribution in [3.05, 3.63) is 53.9 Å². The molecule has 2 amide bonds. The maximum absolute atomic E-state index is 12.6. The number of aryl methyl sites for hydroxylation is 2. The standard InChI is InChI=1S/C19H24N4O3/c1-15-9-20-23(10-15)8-7-18(25)22-13-17(24)12-21(19(26)14-22)11-16-5-3-2-4-6-16/h2-6,9-10,17,24H,7-8,11-14H2,1H3. The molecular formula is C19H24N4O3. The number of amides is 2. The topological polar surface area (TPSA) is 78.7 Å². The van der Waals surface area contributed by atoms with Crippen LogP contribution in [0.3, 0.4) is 0 Å². The van der Waals surface area contributed by atoms with Crippen LogP contribution in [-0.2, 0) is 22.7 Å². The summed E-state index contributed by atoms with van der Waals surface area (Å²) in [5, 5.41) is 14.4. The quantitative estimate of drug-likeness (QED) is 0.860. The average Bonchev–Trinajstić information content (AvgIpc) is 2.98. The molecule has 0 radical (unpaired) electrons. The number of hydrogen-bond donors (Lipinski definition) is 1. The highest BCUT2D eigenvalue weighted by Crippen LogP contribution is 2.12. The van der Waals surface area contributed by atoms with Crippen LogP contribution in [-0.4, -0.2) is 62.2 Å². The second-order valence-electron chi connectivity index (χ2n) is 6.72. The van der Waals surface area contributed by atoms with Crippen molar-refractivity contribution in [1.82, 2.24) is 19.6 Å². The normalized spacial score (nSPS) is 18.1. The lowest BCUT2D eigenvalue weighted by Crippen LogP contribution is -2.39. The van der Waals surface area contributed by atoms with E-state index in [1.54, 1.807) is 15.8 Å². The van der Waals surface area contributed by atoms with Gasteiger partial charge < -0.3 is 14.9 Å². The summed E-state index contributed by atoms with van der Waals surface area (Å²) in [7, 11) is 0. The Morgan fingerprint density at radius 1 is 1.27 bits per heavy atom. The number of aliphatic hydroxyl groups is 1. The smallest absolute Gasteiger partial charge is 0.242 e. The van der Waals surface area contributed by atoms with E-state index in [1.165, 1.54) is 4.90 Å². The Bertz CT molecular complexity index is 759. The minimum Gasteiger partial charge on any atom is -0.389 e. The summed E-state index contributed by atoms with van der Waals surface area (Å²) in [4.78, 5) is 28.1. The van der Waals surface area contributed by atoms with E-state index < -0.39 is 6.10 Å². The van der Waals surface area contributed by atoms with E-state index in [4.69, 9.17) is 0 Å². The molecule has 1 atom stereocenters. The largest absolute Gasteiger partial charge is 0.389 e. The third-order valence-electron chi connectivity index (χ3n) is 4.43. The fourth-order valence-corrected chi connectivity index (χ4v) is 3.10. The van der Waals surface area contributed by atoms with Crippen molar-refractivity contribution in [2.75, 3.05) is 19.6 Å². The summed E-state index contributed by atoms with van der Waals surface area (Å²) in [6.45, 7) is 3.24. The molecule has 1 aromatic carbocycles. The third-order valence-corrected chi connectivity index (χ3v) is 4.43. The van der Waals surface area contributed by atoms with E-state index in [9.17, 15) is 14.7 Å². The van der Waals surface area contributed by atoms with E-state index in [1.807, 2.05) is 43.5 Å². The van der Waals surface area contributed by atoms with Gasteiger partial charge in [-0.15, -0.1) is 0 Å². The number of carbonyl (C=O) groups is 2. The van der Waals surface area contributed by atoms with Gasteiger partial charge in [0.1, 0.15) is 0 Å². The molecule has 2 heterocycles. The van der Waals surface area contributed by atoms with Gasteiger partial charge in [0.2, 0.25) is 11.8 Å². The molecule has 1 unspecified atom stereocenters. The predicted molar refractivity (Wildman–Crippen MR) is 96.0 cm³/mol. The Morgan fingerprint density at radius 3 is 2.73 bits per heavy atom. The van der Waals surface area contributed by atoms with Crippen molar-refractivity contribution in [1.29, 1.82) is 0 Å². The molecule has 26 heavy (non-hydrogen) atoms. The van der Waals surface area contributed by atoms with Gasteiger partial charge in [-0.25, -0.2) is 0 Å². The van der Waals surface area contributed by atoms with Crippen LogP contribution < -0.4 is 0 Å². The lowest BCUT2D eigenvalue weighted by molar-refractivity contribution is -0.139. The molecule has 1 saturated heterocycles. The Morgan fingerprint density at radius 2 is 2.04 bits per heavy atom. The number of aromatic nitrogens is 2. The summed E-state index contributed by atoms with van der Waals surface area (Å²) in [6.07, 6.45) is 3.11. The van der Waals surface area contributed by atoms with Gasteiger partial charge in [-0.1, -0.05) is 30.3 Å². The zero-order chi connectivity index (χ0) is 18.5. The molecule has 0 saturated carbocycles. The van der Waals surface area contributed by atoms with Crippen molar-refractivity contribution in [3.8, 4) is 0 Å². The number of aliphatic hydroxyl groups excluding tert-OH is 1. The minimum atomic E-state index is -0.749. The van der Waals surface area contributed by atoms with Crippen molar-refractivity contribution < 1.29 is 14.7 Å². The van der Waals surface area contributed by atoms with E-state index in [-0.39, 0.29) is 37.9 Å². The van der Waals surface area contributed by atoms with E-state index in [0.717, 1.165) is 11.1 Å². The van der Waals surface area contributed by atoms with Gasteiger partial charge in [0, 0.05) is 38.8 Å². The van der Waals surface area contributed by atoms with Gasteiger partial charge in [0.05, 0.1) is 18.8 Å². The molecule has 7 heteroatoms. The van der Waals surface area contributed by atoms with Crippen LogP contribution in [0, 0.1) is 6.92 Å². The Labute approximate surface area is 152 Å². The number of rotatable bonds is 5. The van der Waals surface area contributed by atoms with Crippen molar-refractivity contribution in [3.63, 3.8) is 0 Å². The lowest BCUT2D eigenvalue weighted by Gasteiger charge is -2.22. The Balaban J connectivity index is 1.59. The third kappa shape index (κ3) is 4.70. The van der Waals surface area contributed by atoms with Crippen LogP contribution in [0.1, 0.15) is 17.5 Å². The second kappa shape index (κ2) is 8.14. The van der Waals surface area contributed by atoms with Gasteiger partial charge in [-0.05, 0) is 18.1 Å². The molecule has 2 aromatic rings. The molecular weight excluding hydrogens is 332 g/mol. The highest BCUT2D eigenvalue weighted by atomic mass is 16.3. The molecule has 1 aromatic heterocycles. The van der Waals surface area contributed by atoms with E-state index in [0.29, 0.717) is 13.1 Å². The second-order valence-corrected chi connectivity index (χ2v) is 6.72. The first-order valence-corrected chi connectivity index (χ1v) is 8.78. The lowest BCUT2D eigenvalue weighted by atomic mass is 10.2. The molecule has 7 nitrogen and oxygen atoms in total. The number of carbonyl (C=O) groups excluding carboxylic acids is 2. The van der Waals surface area contributed by atoms with E-state index >= 15 is 0 Å². The fourth-order valence-electron chi connectivity index (χ4n) is 3.10. The highest BCUT2D eigenvalue weighted by Gasteiger charge is 2.29. The maximum atomic E-state index is 12.6. The summed E-state index contributed by atoms with van der Waals surface area (Å²) in [5.74, 6) is -0.291. The van der Waals surface area contributed by atoms with Crippen LogP contribution >= 0.6 is 0 Å². The molecule has 1 aliphatic rings. The fraction of sp³-hybridized carbons (Fsp3) is 0.421. The molecule has 138 valence electrons. The maximum Gasteiger partial charge on any atom is 0.242 e. The molecule has 0 bridgehead atoms. The monoisotopic (exact) mass is 356 g/mol. The molecule has 0 spiro atoms. The van der Waals surface area contributed by atoms with Gasteiger partial charge >= 0.3 is 0 Å². The van der Waals surface area contributed by atoms with Crippen LogP contribution in [0.25, 0.3) is 0 Å². The van der Waals surface area contributed by atoms with Crippen LogP contribution in [0.4, 0.5) is 0 Å². The zero-order valence-corrected chi connectivity index (χ0v) is 14.9. The van der Waals surface area contributed by atoms with Crippen LogP contribution in [0.5, 0.6) is 0 Å². The molecule has 1 aliphatic heterocycles. The predicted octanol–water partition coefficient (Wildman–Crippen LogP) is 0.814. The summed E-state index contributed by atoms with van der Waals surface area (Å²) in [6, 6.07) is 9.64. The number of benzene rings is 1. The first kappa shape index (κ1) is 18.1. The summed E-state index contributed by atoms with van der Waals surface area (Å²) in [5.41, 5.74) is 2.04. The van der Waals surface area contributed by atoms with Crippen molar-refractivity contribution >= 4 is 11.8 Å². The van der Waals surface area contributed by atoms with E-state index in [2.05, 4.69) is 5.10 Å². The number of β-amino-alcohol motifs (C(OH)–C–C–N with tert-alkyl or cyclic N) is 1. The number of hydrogen-bond acceptors (Lipinski definition) is 4. The summed E-state index contributed by atoms with van der Waals surface area (Å²) >= 11 is 0. The highest BCUT2D eigenvalue weighted by molar-refractivity contribution is 5.85. The van der Waals surface area contributed by atoms with Gasteiger partial charge in [0.15, 0.2) is 0 Å². The molecule has 1 fully saturated rings. The molecule has 1 N–H and O–H groups in total. The Kier molecular flexibility index (Phi) is 5.68. The van der Waals surface area contributed by atoms with Crippen molar-refractivity contribution in [2.45, 2.75) is 32.5 Å². The molecule has 0 aliphatic carbocycles. The SMILES string of the molecule is Cc1cnn(CCC(=O)N2CC(=O)N(Cc3ccccc3)CC(O)C2)c1. The van der Waals surface area contributed by atoms with Crippen LogP contribution in [0.15, 0.2) is 42.7 Å². The van der Waals surface area contributed by atoms with Crippen molar-refractivity contribution in [2.24, 2.45) is 0 Å². The van der Waals surface area contributed by atoms with Gasteiger partial charge in [0.25, 0.3) is 0 Å². The zero-order valence-electron chi connectivity index (χ0n) is 14.9.